The molecular weight excluding hydrogens is 246 g/mol. The normalized spacial score (nSPS) is 20.6. The predicted molar refractivity (Wildman–Crippen MR) is 68.1 cm³/mol. The summed E-state index contributed by atoms with van der Waals surface area (Å²) in [5, 5.41) is 3.98. The van der Waals surface area contributed by atoms with Gasteiger partial charge in [0, 0.05) is 24.8 Å². The van der Waals surface area contributed by atoms with Crippen LogP contribution in [0.4, 0.5) is 5.82 Å². The van der Waals surface area contributed by atoms with Crippen LogP contribution < -0.4 is 5.73 Å². The Bertz CT molecular complexity index is 571. The smallest absolute Gasteiger partial charge is 0.258 e. The maximum Gasteiger partial charge on any atom is 0.258 e. The molecule has 0 bridgehead atoms. The number of hydrogen-bond acceptors (Lipinski definition) is 7. The highest BCUT2D eigenvalue weighted by Gasteiger charge is 2.24. The van der Waals surface area contributed by atoms with Gasteiger partial charge >= 0.3 is 0 Å². The minimum atomic E-state index is -0.143. The van der Waals surface area contributed by atoms with Gasteiger partial charge in [0.2, 0.25) is 5.82 Å². The fraction of sp³-hybridized carbons (Fsp3) is 0.417. The molecule has 3 rings (SSSR count). The van der Waals surface area contributed by atoms with E-state index >= 15 is 0 Å². The summed E-state index contributed by atoms with van der Waals surface area (Å²) in [7, 11) is 2.04. The summed E-state index contributed by atoms with van der Waals surface area (Å²) in [5.41, 5.74) is 6.39. The lowest BCUT2D eigenvalue weighted by Gasteiger charge is -2.27. The number of aromatic nitrogens is 3. The zero-order valence-electron chi connectivity index (χ0n) is 10.6. The van der Waals surface area contributed by atoms with Crippen LogP contribution in [-0.2, 0) is 4.74 Å². The van der Waals surface area contributed by atoms with E-state index in [-0.39, 0.29) is 6.10 Å². The van der Waals surface area contributed by atoms with E-state index < -0.39 is 0 Å². The van der Waals surface area contributed by atoms with E-state index in [1.54, 1.807) is 18.3 Å². The van der Waals surface area contributed by atoms with Gasteiger partial charge in [0.25, 0.3) is 5.89 Å². The van der Waals surface area contributed by atoms with Crippen molar-refractivity contribution in [2.75, 3.05) is 32.5 Å². The van der Waals surface area contributed by atoms with Crippen LogP contribution in [0.1, 0.15) is 11.9 Å². The molecule has 2 aromatic heterocycles. The number of hydrogen-bond donors (Lipinski definition) is 1. The molecule has 1 atom stereocenters. The molecule has 1 unspecified atom stereocenters. The Morgan fingerprint density at radius 1 is 1.47 bits per heavy atom. The van der Waals surface area contributed by atoms with Crippen LogP contribution in [0, 0.1) is 0 Å². The first-order chi connectivity index (χ1) is 9.22. The molecule has 0 aromatic carbocycles. The largest absolute Gasteiger partial charge is 0.384 e. The maximum absolute atomic E-state index is 5.64. The highest BCUT2D eigenvalue weighted by Crippen LogP contribution is 2.23. The van der Waals surface area contributed by atoms with E-state index in [1.165, 1.54) is 0 Å². The minimum absolute atomic E-state index is 0.143. The molecule has 0 radical (unpaired) electrons. The zero-order chi connectivity index (χ0) is 13.2. The van der Waals surface area contributed by atoms with Crippen LogP contribution in [0.15, 0.2) is 22.9 Å². The second-order valence-corrected chi connectivity index (χ2v) is 4.55. The van der Waals surface area contributed by atoms with E-state index in [0.29, 0.717) is 24.1 Å². The van der Waals surface area contributed by atoms with Crippen LogP contribution in [0.2, 0.25) is 0 Å². The molecule has 2 N–H and O–H groups in total. The highest BCUT2D eigenvalue weighted by atomic mass is 16.5. The topological polar surface area (TPSA) is 90.3 Å². The van der Waals surface area contributed by atoms with Gasteiger partial charge in [-0.15, -0.1) is 0 Å². The molecule has 7 nitrogen and oxygen atoms in total. The van der Waals surface area contributed by atoms with Gasteiger partial charge in [-0.1, -0.05) is 5.16 Å². The number of morpholine rings is 1. The van der Waals surface area contributed by atoms with Crippen molar-refractivity contribution in [3.05, 3.63) is 24.2 Å². The molecular formula is C12H15N5O2. The molecule has 1 aliphatic heterocycles. The third kappa shape index (κ3) is 2.56. The van der Waals surface area contributed by atoms with Gasteiger partial charge < -0.3 is 19.9 Å². The number of nitrogen functional groups attached to an aromatic ring is 1. The molecule has 0 amide bonds. The van der Waals surface area contributed by atoms with E-state index in [9.17, 15) is 0 Å². The molecule has 7 heteroatoms. The molecule has 100 valence electrons. The Morgan fingerprint density at radius 2 is 2.37 bits per heavy atom. The van der Waals surface area contributed by atoms with Crippen molar-refractivity contribution in [1.82, 2.24) is 20.0 Å². The van der Waals surface area contributed by atoms with E-state index in [1.807, 2.05) is 7.05 Å². The van der Waals surface area contributed by atoms with Crippen LogP contribution in [0.5, 0.6) is 0 Å². The summed E-state index contributed by atoms with van der Waals surface area (Å²) < 4.78 is 10.9. The number of anilines is 1. The summed E-state index contributed by atoms with van der Waals surface area (Å²) in [4.78, 5) is 10.5. The lowest BCUT2D eigenvalue weighted by Crippen LogP contribution is -2.35. The Balaban J connectivity index is 1.83. The lowest BCUT2D eigenvalue weighted by molar-refractivity contribution is -0.0264. The van der Waals surface area contributed by atoms with E-state index in [2.05, 4.69) is 20.0 Å². The highest BCUT2D eigenvalue weighted by molar-refractivity contribution is 5.56. The first kappa shape index (κ1) is 12.1. The summed E-state index contributed by atoms with van der Waals surface area (Å²) in [6.45, 7) is 2.35. The predicted octanol–water partition coefficient (Wildman–Crippen LogP) is 0.717. The molecule has 3 heterocycles. The van der Waals surface area contributed by atoms with Crippen LogP contribution in [-0.4, -0.2) is 46.8 Å². The number of pyridine rings is 1. The average Bonchev–Trinajstić information content (AvgIpc) is 2.88. The Kier molecular flexibility index (Phi) is 3.14. The van der Waals surface area contributed by atoms with Gasteiger partial charge in [-0.3, -0.25) is 0 Å². The van der Waals surface area contributed by atoms with Crippen molar-refractivity contribution in [3.8, 4) is 11.5 Å². The van der Waals surface area contributed by atoms with E-state index in [4.69, 9.17) is 15.0 Å². The van der Waals surface area contributed by atoms with Gasteiger partial charge in [-0.2, -0.15) is 4.98 Å². The molecule has 1 saturated heterocycles. The minimum Gasteiger partial charge on any atom is -0.384 e. The molecule has 0 aliphatic carbocycles. The second kappa shape index (κ2) is 4.94. The molecule has 0 saturated carbocycles. The first-order valence-electron chi connectivity index (χ1n) is 6.08. The summed E-state index contributed by atoms with van der Waals surface area (Å²) in [5.74, 6) is 1.42. The van der Waals surface area contributed by atoms with Crippen molar-refractivity contribution in [2.24, 2.45) is 0 Å². The van der Waals surface area contributed by atoms with Crippen molar-refractivity contribution in [2.45, 2.75) is 6.10 Å². The number of nitrogens with zero attached hydrogens (tertiary/aromatic N) is 4. The number of likely N-dealkylation sites (N-methyl/N-ethyl adjacent to an activating group) is 1. The molecule has 1 fully saturated rings. The number of rotatable bonds is 2. The SMILES string of the molecule is CN1CCOC(c2noc(-c3ccnc(N)c3)n2)C1. The molecule has 0 spiro atoms. The third-order valence-corrected chi connectivity index (χ3v) is 3.03. The zero-order valence-corrected chi connectivity index (χ0v) is 10.6. The lowest BCUT2D eigenvalue weighted by atomic mass is 10.2. The van der Waals surface area contributed by atoms with Gasteiger partial charge in [0.05, 0.1) is 6.61 Å². The van der Waals surface area contributed by atoms with Crippen LogP contribution in [0.25, 0.3) is 11.5 Å². The standard InChI is InChI=1S/C12H15N5O2/c1-17-4-5-18-9(7-17)11-15-12(19-16-11)8-2-3-14-10(13)6-8/h2-3,6,9H,4-5,7H2,1H3,(H2,13,14). The average molecular weight is 261 g/mol. The summed E-state index contributed by atoms with van der Waals surface area (Å²) in [6.07, 6.45) is 1.47. The Hall–Kier alpha value is -1.99. The molecule has 1 aliphatic rings. The maximum atomic E-state index is 5.64. The van der Waals surface area contributed by atoms with Gasteiger partial charge in [-0.25, -0.2) is 4.98 Å². The van der Waals surface area contributed by atoms with E-state index in [0.717, 1.165) is 18.7 Å². The fourth-order valence-corrected chi connectivity index (χ4v) is 2.00. The van der Waals surface area contributed by atoms with Crippen molar-refractivity contribution in [3.63, 3.8) is 0 Å². The van der Waals surface area contributed by atoms with Crippen molar-refractivity contribution >= 4 is 5.82 Å². The Morgan fingerprint density at radius 3 is 3.16 bits per heavy atom. The summed E-state index contributed by atoms with van der Waals surface area (Å²) in [6, 6.07) is 3.48. The van der Waals surface area contributed by atoms with Crippen LogP contribution >= 0.6 is 0 Å². The summed E-state index contributed by atoms with van der Waals surface area (Å²) >= 11 is 0. The quantitative estimate of drug-likeness (QED) is 0.851. The van der Waals surface area contributed by atoms with Crippen LogP contribution in [0.3, 0.4) is 0 Å². The number of ether oxygens (including phenoxy) is 1. The van der Waals surface area contributed by atoms with Gasteiger partial charge in [0.15, 0.2) is 0 Å². The molecule has 19 heavy (non-hydrogen) atoms. The van der Waals surface area contributed by atoms with Gasteiger partial charge in [-0.05, 0) is 19.2 Å². The second-order valence-electron chi connectivity index (χ2n) is 4.55. The number of nitrogens with two attached hydrogens (primary N) is 1. The Labute approximate surface area is 110 Å². The van der Waals surface area contributed by atoms with Crippen molar-refractivity contribution in [1.29, 1.82) is 0 Å². The molecule has 2 aromatic rings. The fourth-order valence-electron chi connectivity index (χ4n) is 2.00. The third-order valence-electron chi connectivity index (χ3n) is 3.03. The first-order valence-corrected chi connectivity index (χ1v) is 6.08. The monoisotopic (exact) mass is 261 g/mol. The van der Waals surface area contributed by atoms with Gasteiger partial charge in [0.1, 0.15) is 11.9 Å². The van der Waals surface area contributed by atoms with Crippen molar-refractivity contribution < 1.29 is 9.26 Å².